The number of phenolic OH excluding ortho intramolecular Hbond substituents is 1. The third-order valence-electron chi connectivity index (χ3n) is 1.96. The number of benzene rings is 1. The lowest BCUT2D eigenvalue weighted by molar-refractivity contribution is 0.474. The van der Waals surface area contributed by atoms with Gasteiger partial charge in [-0.3, -0.25) is 0 Å². The molecule has 0 saturated heterocycles. The number of sulfonamides is 1. The number of nitrogens with one attached hydrogen (secondary N) is 1. The van der Waals surface area contributed by atoms with Gasteiger partial charge in [-0.05, 0) is 26.0 Å². The molecule has 0 aliphatic carbocycles. The Balaban J connectivity index is 2.81. The van der Waals surface area contributed by atoms with Crippen molar-refractivity contribution < 1.29 is 13.5 Å². The van der Waals surface area contributed by atoms with Gasteiger partial charge in [-0.2, -0.15) is 5.10 Å². The molecule has 0 amide bonds. The number of hydrazone groups is 1. The molecule has 0 fully saturated rings. The van der Waals surface area contributed by atoms with Crippen LogP contribution >= 0.6 is 0 Å². The minimum absolute atomic E-state index is 0.0376. The molecular formula is C10H14N2O3S. The highest BCUT2D eigenvalue weighted by atomic mass is 32.2. The van der Waals surface area contributed by atoms with Crippen LogP contribution in [-0.4, -0.2) is 25.5 Å². The van der Waals surface area contributed by atoms with Crippen molar-refractivity contribution in [2.45, 2.75) is 13.8 Å². The van der Waals surface area contributed by atoms with Gasteiger partial charge in [0.1, 0.15) is 5.75 Å². The van der Waals surface area contributed by atoms with Crippen molar-refractivity contribution >= 4 is 16.2 Å². The minimum atomic E-state index is -3.34. The van der Waals surface area contributed by atoms with Gasteiger partial charge in [-0.25, -0.2) is 13.2 Å². The van der Waals surface area contributed by atoms with Gasteiger partial charge in [-0.15, -0.1) is 0 Å². The topological polar surface area (TPSA) is 78.8 Å². The van der Waals surface area contributed by atoms with Crippen LogP contribution in [0.5, 0.6) is 5.75 Å². The van der Waals surface area contributed by atoms with Crippen LogP contribution in [0.25, 0.3) is 0 Å². The van der Waals surface area contributed by atoms with Gasteiger partial charge in [0, 0.05) is 5.56 Å². The average Bonchev–Trinajstić information content (AvgIpc) is 2.23. The van der Waals surface area contributed by atoms with Gasteiger partial charge < -0.3 is 5.11 Å². The number of rotatable bonds is 4. The van der Waals surface area contributed by atoms with Crippen LogP contribution < -0.4 is 4.83 Å². The predicted molar refractivity (Wildman–Crippen MR) is 63.0 cm³/mol. The van der Waals surface area contributed by atoms with Gasteiger partial charge >= 0.3 is 0 Å². The Morgan fingerprint density at radius 3 is 2.81 bits per heavy atom. The molecule has 6 heteroatoms. The van der Waals surface area contributed by atoms with Crippen molar-refractivity contribution in [3.8, 4) is 5.75 Å². The molecule has 0 heterocycles. The first kappa shape index (κ1) is 12.5. The summed E-state index contributed by atoms with van der Waals surface area (Å²) in [4.78, 5) is 2.03. The summed E-state index contributed by atoms with van der Waals surface area (Å²) in [6.07, 6.45) is 1.27. The molecule has 0 aliphatic heterocycles. The average molecular weight is 242 g/mol. The largest absolute Gasteiger partial charge is 0.507 e. The summed E-state index contributed by atoms with van der Waals surface area (Å²) in [5.41, 5.74) is 1.43. The molecule has 0 radical (unpaired) electrons. The van der Waals surface area contributed by atoms with Gasteiger partial charge in [0.2, 0.25) is 10.0 Å². The van der Waals surface area contributed by atoms with Gasteiger partial charge in [0.15, 0.2) is 0 Å². The Morgan fingerprint density at radius 2 is 2.19 bits per heavy atom. The van der Waals surface area contributed by atoms with Gasteiger partial charge in [0.05, 0.1) is 12.0 Å². The number of aryl methyl sites for hydroxylation is 1. The van der Waals surface area contributed by atoms with E-state index in [1.165, 1.54) is 19.2 Å². The number of hydrogen-bond donors (Lipinski definition) is 2. The molecule has 1 aromatic carbocycles. The summed E-state index contributed by atoms with van der Waals surface area (Å²) in [6, 6.07) is 4.99. The quantitative estimate of drug-likeness (QED) is 0.610. The summed E-state index contributed by atoms with van der Waals surface area (Å²) in [5, 5.41) is 13.0. The Hall–Kier alpha value is -1.56. The van der Waals surface area contributed by atoms with E-state index in [1.807, 2.05) is 11.8 Å². The molecule has 88 valence electrons. The van der Waals surface area contributed by atoms with Crippen molar-refractivity contribution in [1.82, 2.24) is 4.83 Å². The number of hydrogen-bond acceptors (Lipinski definition) is 4. The van der Waals surface area contributed by atoms with Crippen molar-refractivity contribution in [1.29, 1.82) is 0 Å². The molecule has 1 rings (SSSR count). The lowest BCUT2D eigenvalue weighted by Crippen LogP contribution is -2.19. The maximum absolute atomic E-state index is 11.1. The Bertz CT molecular complexity index is 495. The maximum atomic E-state index is 11.1. The fourth-order valence-corrected chi connectivity index (χ4v) is 1.36. The lowest BCUT2D eigenvalue weighted by atomic mass is 10.1. The predicted octanol–water partition coefficient (Wildman–Crippen LogP) is 0.974. The fraction of sp³-hybridized carbons (Fsp3) is 0.300. The minimum Gasteiger partial charge on any atom is -0.507 e. The van der Waals surface area contributed by atoms with Crippen LogP contribution in [0.2, 0.25) is 0 Å². The first-order valence-corrected chi connectivity index (χ1v) is 6.42. The molecule has 0 bridgehead atoms. The molecule has 16 heavy (non-hydrogen) atoms. The normalized spacial score (nSPS) is 11.9. The van der Waals surface area contributed by atoms with Crippen LogP contribution in [0, 0.1) is 6.92 Å². The Morgan fingerprint density at radius 1 is 1.50 bits per heavy atom. The number of aromatic hydroxyl groups is 1. The van der Waals surface area contributed by atoms with Gasteiger partial charge in [0.25, 0.3) is 0 Å². The highest BCUT2D eigenvalue weighted by molar-refractivity contribution is 7.89. The monoisotopic (exact) mass is 242 g/mol. The zero-order chi connectivity index (χ0) is 12.2. The van der Waals surface area contributed by atoms with Crippen molar-refractivity contribution in [3.05, 3.63) is 29.3 Å². The molecule has 0 saturated carbocycles. The van der Waals surface area contributed by atoms with Crippen LogP contribution in [0.4, 0.5) is 0 Å². The Kier molecular flexibility index (Phi) is 3.89. The lowest BCUT2D eigenvalue weighted by Gasteiger charge is -2.01. The summed E-state index contributed by atoms with van der Waals surface area (Å²) in [7, 11) is -3.34. The zero-order valence-corrected chi connectivity index (χ0v) is 9.95. The molecule has 0 spiro atoms. The van der Waals surface area contributed by atoms with E-state index in [0.717, 1.165) is 5.56 Å². The van der Waals surface area contributed by atoms with E-state index < -0.39 is 10.0 Å². The van der Waals surface area contributed by atoms with Gasteiger partial charge in [-0.1, -0.05) is 11.6 Å². The van der Waals surface area contributed by atoms with E-state index in [2.05, 4.69) is 5.10 Å². The highest BCUT2D eigenvalue weighted by Crippen LogP contribution is 2.15. The summed E-state index contributed by atoms with van der Waals surface area (Å²) >= 11 is 0. The van der Waals surface area contributed by atoms with Crippen LogP contribution in [0.1, 0.15) is 18.1 Å². The van der Waals surface area contributed by atoms with Crippen molar-refractivity contribution in [2.75, 3.05) is 5.75 Å². The van der Waals surface area contributed by atoms with E-state index in [4.69, 9.17) is 0 Å². The maximum Gasteiger partial charge on any atom is 0.247 e. The van der Waals surface area contributed by atoms with Crippen LogP contribution in [0.3, 0.4) is 0 Å². The summed E-state index contributed by atoms with van der Waals surface area (Å²) in [5.74, 6) is 0.0227. The fourth-order valence-electron chi connectivity index (χ4n) is 1.02. The second-order valence-corrected chi connectivity index (χ2v) is 5.30. The van der Waals surface area contributed by atoms with E-state index >= 15 is 0 Å². The molecule has 0 aromatic heterocycles. The van der Waals surface area contributed by atoms with E-state index in [0.29, 0.717) is 5.56 Å². The Labute approximate surface area is 94.9 Å². The molecule has 0 atom stereocenters. The van der Waals surface area contributed by atoms with Crippen molar-refractivity contribution in [2.24, 2.45) is 5.10 Å². The number of nitrogens with zero attached hydrogens (tertiary/aromatic N) is 1. The first-order valence-electron chi connectivity index (χ1n) is 4.77. The molecule has 0 unspecified atom stereocenters. The molecule has 0 aliphatic rings. The van der Waals surface area contributed by atoms with E-state index in [-0.39, 0.29) is 11.5 Å². The number of phenols is 1. The molecule has 1 aromatic rings. The SMILES string of the molecule is CCS(=O)(=O)N/N=C/c1cc(C)ccc1O. The standard InChI is InChI=1S/C10H14N2O3S/c1-3-16(14,15)12-11-7-9-6-8(2)4-5-10(9)13/h4-7,12-13H,3H2,1-2H3/b11-7+. The second kappa shape index (κ2) is 4.98. The third-order valence-corrected chi connectivity index (χ3v) is 3.10. The first-order chi connectivity index (χ1) is 7.44. The van der Waals surface area contributed by atoms with E-state index in [1.54, 1.807) is 12.1 Å². The third kappa shape index (κ3) is 3.54. The zero-order valence-electron chi connectivity index (χ0n) is 9.14. The molecular weight excluding hydrogens is 228 g/mol. The van der Waals surface area contributed by atoms with Crippen LogP contribution in [-0.2, 0) is 10.0 Å². The summed E-state index contributed by atoms with van der Waals surface area (Å²) in [6.45, 7) is 3.38. The van der Waals surface area contributed by atoms with Crippen LogP contribution in [0.15, 0.2) is 23.3 Å². The van der Waals surface area contributed by atoms with Crippen molar-refractivity contribution in [3.63, 3.8) is 0 Å². The summed E-state index contributed by atoms with van der Waals surface area (Å²) < 4.78 is 22.1. The highest BCUT2D eigenvalue weighted by Gasteiger charge is 2.03. The molecule has 2 N–H and O–H groups in total. The second-order valence-electron chi connectivity index (χ2n) is 3.32. The van der Waals surface area contributed by atoms with E-state index in [9.17, 15) is 13.5 Å². The smallest absolute Gasteiger partial charge is 0.247 e. The molecule has 5 nitrogen and oxygen atoms in total.